The van der Waals surface area contributed by atoms with Crippen LogP contribution in [0.15, 0.2) is 77.7 Å². The molecule has 0 radical (unpaired) electrons. The number of nitrogens with one attached hydrogen (secondary N) is 1. The SMILES string of the molecule is CS(=O)(=O)c1ccc(C(O)C(O)CNC(=O)OCC2c3ccccc3-c3ccccc32)cc1. The maximum absolute atomic E-state index is 12.2. The second-order valence-corrected chi connectivity index (χ2v) is 10.1. The highest BCUT2D eigenvalue weighted by atomic mass is 32.2. The first-order valence-electron chi connectivity index (χ1n) is 10.5. The van der Waals surface area contributed by atoms with Gasteiger partial charge in [0.05, 0.1) is 4.90 Å². The molecule has 0 bridgehead atoms. The van der Waals surface area contributed by atoms with Crippen molar-refractivity contribution < 1.29 is 28.2 Å². The second-order valence-electron chi connectivity index (χ2n) is 8.06. The van der Waals surface area contributed by atoms with E-state index in [0.717, 1.165) is 28.5 Å². The molecular weight excluding hydrogens is 442 g/mol. The largest absolute Gasteiger partial charge is 0.449 e. The number of hydrogen-bond donors (Lipinski definition) is 3. The predicted molar refractivity (Wildman–Crippen MR) is 124 cm³/mol. The molecule has 1 aliphatic carbocycles. The van der Waals surface area contributed by atoms with Gasteiger partial charge in [0.25, 0.3) is 0 Å². The summed E-state index contributed by atoms with van der Waals surface area (Å²) in [6.45, 7) is -0.0862. The molecule has 2 unspecified atom stereocenters. The van der Waals surface area contributed by atoms with E-state index in [1.165, 1.54) is 24.3 Å². The molecule has 3 N–H and O–H groups in total. The van der Waals surface area contributed by atoms with Crippen LogP contribution in [0.4, 0.5) is 4.79 Å². The van der Waals surface area contributed by atoms with Crippen LogP contribution in [0.5, 0.6) is 0 Å². The van der Waals surface area contributed by atoms with Crippen LogP contribution in [0.1, 0.15) is 28.7 Å². The van der Waals surface area contributed by atoms with Crippen molar-refractivity contribution in [1.29, 1.82) is 0 Å². The van der Waals surface area contributed by atoms with E-state index in [-0.39, 0.29) is 24.0 Å². The van der Waals surface area contributed by atoms with E-state index in [1.54, 1.807) is 0 Å². The number of sulfone groups is 1. The van der Waals surface area contributed by atoms with Crippen molar-refractivity contribution in [3.05, 3.63) is 89.5 Å². The molecule has 0 saturated heterocycles. The number of aliphatic hydroxyl groups is 2. The first-order valence-corrected chi connectivity index (χ1v) is 12.4. The zero-order valence-electron chi connectivity index (χ0n) is 18.0. The molecule has 1 amide bonds. The molecule has 3 aromatic carbocycles. The maximum Gasteiger partial charge on any atom is 0.407 e. The number of aliphatic hydroxyl groups excluding tert-OH is 2. The van der Waals surface area contributed by atoms with E-state index in [1.807, 2.05) is 36.4 Å². The third-order valence-corrected chi connectivity index (χ3v) is 6.94. The van der Waals surface area contributed by atoms with Crippen LogP contribution < -0.4 is 5.32 Å². The van der Waals surface area contributed by atoms with Crippen LogP contribution in [0, 0.1) is 0 Å². The number of rotatable bonds is 7. The minimum Gasteiger partial charge on any atom is -0.449 e. The molecule has 172 valence electrons. The summed E-state index contributed by atoms with van der Waals surface area (Å²) in [4.78, 5) is 12.4. The maximum atomic E-state index is 12.2. The molecule has 0 spiro atoms. The van der Waals surface area contributed by atoms with Gasteiger partial charge >= 0.3 is 6.09 Å². The van der Waals surface area contributed by atoms with E-state index in [0.29, 0.717) is 5.56 Å². The summed E-state index contributed by atoms with van der Waals surface area (Å²) in [5, 5.41) is 23.0. The number of amides is 1. The molecule has 4 rings (SSSR count). The summed E-state index contributed by atoms with van der Waals surface area (Å²) >= 11 is 0. The zero-order valence-corrected chi connectivity index (χ0v) is 18.8. The lowest BCUT2D eigenvalue weighted by Gasteiger charge is -2.19. The van der Waals surface area contributed by atoms with Gasteiger partial charge in [-0.25, -0.2) is 13.2 Å². The number of fused-ring (bicyclic) bond motifs is 3. The molecule has 33 heavy (non-hydrogen) atoms. The topological polar surface area (TPSA) is 113 Å². The molecule has 8 heteroatoms. The van der Waals surface area contributed by atoms with Crippen molar-refractivity contribution in [2.45, 2.75) is 23.0 Å². The van der Waals surface area contributed by atoms with Gasteiger partial charge in [-0.05, 0) is 39.9 Å². The Morgan fingerprint density at radius 2 is 1.48 bits per heavy atom. The molecule has 0 fully saturated rings. The number of ether oxygens (including phenoxy) is 1. The van der Waals surface area contributed by atoms with Gasteiger partial charge in [-0.2, -0.15) is 0 Å². The summed E-state index contributed by atoms with van der Waals surface area (Å²) in [6.07, 6.45) is -2.21. The molecular formula is C25H25NO6S. The van der Waals surface area contributed by atoms with E-state index < -0.39 is 28.1 Å². The number of benzene rings is 3. The number of carbonyl (C=O) groups is 1. The van der Waals surface area contributed by atoms with Gasteiger partial charge in [-0.15, -0.1) is 0 Å². The number of carbonyl (C=O) groups excluding carboxylic acids is 1. The van der Waals surface area contributed by atoms with Crippen molar-refractivity contribution in [3.63, 3.8) is 0 Å². The fourth-order valence-electron chi connectivity index (χ4n) is 4.08. The highest BCUT2D eigenvalue weighted by molar-refractivity contribution is 7.90. The number of hydrogen-bond acceptors (Lipinski definition) is 6. The lowest BCUT2D eigenvalue weighted by Crippen LogP contribution is -2.36. The quantitative estimate of drug-likeness (QED) is 0.492. The first-order chi connectivity index (χ1) is 15.8. The average molecular weight is 468 g/mol. The monoisotopic (exact) mass is 467 g/mol. The van der Waals surface area contributed by atoms with Crippen molar-refractivity contribution in [2.24, 2.45) is 0 Å². The molecule has 2 atom stereocenters. The highest BCUT2D eigenvalue weighted by Crippen LogP contribution is 2.44. The summed E-state index contributed by atoms with van der Waals surface area (Å²) in [5.74, 6) is -0.0768. The van der Waals surface area contributed by atoms with Crippen molar-refractivity contribution in [2.75, 3.05) is 19.4 Å². The smallest absolute Gasteiger partial charge is 0.407 e. The third-order valence-electron chi connectivity index (χ3n) is 5.81. The van der Waals surface area contributed by atoms with Gasteiger partial charge in [0.2, 0.25) is 0 Å². The van der Waals surface area contributed by atoms with Crippen molar-refractivity contribution >= 4 is 15.9 Å². The van der Waals surface area contributed by atoms with E-state index in [2.05, 4.69) is 17.4 Å². The van der Waals surface area contributed by atoms with E-state index in [4.69, 9.17) is 4.74 Å². The lowest BCUT2D eigenvalue weighted by atomic mass is 9.98. The predicted octanol–water partition coefficient (Wildman–Crippen LogP) is 3.02. The summed E-state index contributed by atoms with van der Waals surface area (Å²) in [5.41, 5.74) is 4.79. The van der Waals surface area contributed by atoms with Crippen LogP contribution in [-0.4, -0.2) is 50.2 Å². The fourth-order valence-corrected chi connectivity index (χ4v) is 4.71. The third kappa shape index (κ3) is 4.93. The van der Waals surface area contributed by atoms with E-state index in [9.17, 15) is 23.4 Å². The molecule has 0 saturated carbocycles. The van der Waals surface area contributed by atoms with Gasteiger partial charge in [0.1, 0.15) is 18.8 Å². The molecule has 0 aromatic heterocycles. The fraction of sp³-hybridized carbons (Fsp3) is 0.240. The minimum absolute atomic E-state index is 0.0768. The Morgan fingerprint density at radius 1 is 0.939 bits per heavy atom. The van der Waals surface area contributed by atoms with Gasteiger partial charge in [-0.3, -0.25) is 0 Å². The highest BCUT2D eigenvalue weighted by Gasteiger charge is 2.29. The molecule has 0 aliphatic heterocycles. The molecule has 7 nitrogen and oxygen atoms in total. The van der Waals surface area contributed by atoms with Gasteiger partial charge < -0.3 is 20.3 Å². The average Bonchev–Trinajstić information content (AvgIpc) is 3.14. The number of alkyl carbamates (subject to hydrolysis) is 1. The van der Waals surface area contributed by atoms with Gasteiger partial charge in [0, 0.05) is 18.7 Å². The van der Waals surface area contributed by atoms with Crippen LogP contribution in [0.3, 0.4) is 0 Å². The Balaban J connectivity index is 1.33. The Hall–Kier alpha value is -3.20. The first kappa shape index (κ1) is 23.0. The minimum atomic E-state index is -3.36. The normalized spacial score (nSPS) is 14.8. The summed E-state index contributed by atoms with van der Waals surface area (Å²) in [7, 11) is -3.36. The summed E-state index contributed by atoms with van der Waals surface area (Å²) < 4.78 is 28.5. The van der Waals surface area contributed by atoms with Crippen LogP contribution in [-0.2, 0) is 14.6 Å². The van der Waals surface area contributed by atoms with Crippen LogP contribution in [0.2, 0.25) is 0 Å². The Bertz CT molecular complexity index is 1210. The van der Waals surface area contributed by atoms with E-state index >= 15 is 0 Å². The Labute approximate surface area is 192 Å². The summed E-state index contributed by atoms with van der Waals surface area (Å²) in [6, 6.07) is 21.6. The Kier molecular flexibility index (Phi) is 6.51. The van der Waals surface area contributed by atoms with Gasteiger partial charge in [-0.1, -0.05) is 60.7 Å². The lowest BCUT2D eigenvalue weighted by molar-refractivity contribution is 0.0185. The van der Waals surface area contributed by atoms with Crippen LogP contribution in [0.25, 0.3) is 11.1 Å². The standard InChI is InChI=1S/C25H25NO6S/c1-33(30,31)17-12-10-16(11-13-17)24(28)23(27)14-26-25(29)32-15-22-20-8-4-2-6-18(20)19-7-3-5-9-21(19)22/h2-13,22-24,27-28H,14-15H2,1H3,(H,26,29). The molecule has 1 aliphatic rings. The Morgan fingerprint density at radius 3 is 2.03 bits per heavy atom. The van der Waals surface area contributed by atoms with Crippen molar-refractivity contribution in [3.8, 4) is 11.1 Å². The van der Waals surface area contributed by atoms with Crippen LogP contribution >= 0.6 is 0 Å². The zero-order chi connectivity index (χ0) is 23.6. The molecule has 0 heterocycles. The molecule has 3 aromatic rings. The van der Waals surface area contributed by atoms with Gasteiger partial charge in [0.15, 0.2) is 9.84 Å². The second kappa shape index (κ2) is 9.35. The van der Waals surface area contributed by atoms with Crippen molar-refractivity contribution in [1.82, 2.24) is 5.32 Å².